The number of ketones is 1. The number of hydrogen-bond acceptors (Lipinski definition) is 4. The highest BCUT2D eigenvalue weighted by atomic mass is 16.3. The summed E-state index contributed by atoms with van der Waals surface area (Å²) in [6.07, 6.45) is 0. The first kappa shape index (κ1) is 12.5. The van der Waals surface area contributed by atoms with E-state index in [0.29, 0.717) is 11.3 Å². The fraction of sp³-hybridized carbons (Fsp3) is 0.417. The van der Waals surface area contributed by atoms with Crippen molar-refractivity contribution >= 4 is 17.2 Å². The molecule has 1 aromatic rings. The van der Waals surface area contributed by atoms with Gasteiger partial charge < -0.3 is 16.2 Å². The van der Waals surface area contributed by atoms with Gasteiger partial charge in [-0.2, -0.15) is 0 Å². The molecule has 88 valence electrons. The topological polar surface area (TPSA) is 75.3 Å². The second-order valence-electron chi connectivity index (χ2n) is 4.53. The smallest absolute Gasteiger partial charge is 0.161 e. The van der Waals surface area contributed by atoms with Crippen molar-refractivity contribution < 1.29 is 9.90 Å². The number of Topliss-reactive ketones (excluding diaryl/α,β-unsaturated/α-hetero) is 1. The molecule has 1 rings (SSSR count). The highest BCUT2D eigenvalue weighted by molar-refractivity contribution is 5.99. The number of hydrogen-bond donors (Lipinski definition) is 3. The molecule has 0 bridgehead atoms. The lowest BCUT2D eigenvalue weighted by atomic mass is 10.0. The number of nitrogens with two attached hydrogens (primary N) is 1. The number of nitrogens with one attached hydrogen (secondary N) is 1. The Labute approximate surface area is 95.5 Å². The molecule has 0 aliphatic carbocycles. The molecule has 1 aromatic carbocycles. The Morgan fingerprint density at radius 1 is 1.50 bits per heavy atom. The van der Waals surface area contributed by atoms with E-state index in [-0.39, 0.29) is 12.4 Å². The second-order valence-corrected chi connectivity index (χ2v) is 4.53. The Morgan fingerprint density at radius 3 is 2.56 bits per heavy atom. The maximum absolute atomic E-state index is 11.2. The van der Waals surface area contributed by atoms with Crippen LogP contribution in [0, 0.1) is 0 Å². The van der Waals surface area contributed by atoms with Gasteiger partial charge in [0.2, 0.25) is 0 Å². The molecule has 0 radical (unpaired) electrons. The van der Waals surface area contributed by atoms with Crippen molar-refractivity contribution in [2.45, 2.75) is 26.3 Å². The third-order valence-electron chi connectivity index (χ3n) is 2.31. The number of aliphatic hydroxyl groups is 1. The highest BCUT2D eigenvalue weighted by Crippen LogP contribution is 2.21. The molecular formula is C12H18N2O2. The Bertz CT molecular complexity index is 400. The summed E-state index contributed by atoms with van der Waals surface area (Å²) in [4.78, 5) is 11.2. The summed E-state index contributed by atoms with van der Waals surface area (Å²) in [6.45, 7) is 5.25. The zero-order chi connectivity index (χ0) is 12.3. The Hall–Kier alpha value is -1.55. The van der Waals surface area contributed by atoms with Gasteiger partial charge in [0.15, 0.2) is 5.78 Å². The van der Waals surface area contributed by atoms with Gasteiger partial charge in [-0.1, -0.05) is 0 Å². The van der Waals surface area contributed by atoms with Crippen molar-refractivity contribution in [1.29, 1.82) is 0 Å². The van der Waals surface area contributed by atoms with E-state index in [4.69, 9.17) is 10.8 Å². The number of carbonyl (C=O) groups is 1. The third-order valence-corrected chi connectivity index (χ3v) is 2.31. The van der Waals surface area contributed by atoms with Gasteiger partial charge in [0.1, 0.15) is 0 Å². The number of benzene rings is 1. The van der Waals surface area contributed by atoms with E-state index in [1.165, 1.54) is 6.92 Å². The van der Waals surface area contributed by atoms with E-state index in [1.807, 2.05) is 13.8 Å². The van der Waals surface area contributed by atoms with Crippen molar-refractivity contribution in [2.75, 3.05) is 17.7 Å². The summed E-state index contributed by atoms with van der Waals surface area (Å²) in [7, 11) is 0. The van der Waals surface area contributed by atoms with E-state index in [9.17, 15) is 4.79 Å². The monoisotopic (exact) mass is 222 g/mol. The van der Waals surface area contributed by atoms with Crippen molar-refractivity contribution in [3.63, 3.8) is 0 Å². The van der Waals surface area contributed by atoms with Crippen LogP contribution in [0.25, 0.3) is 0 Å². The molecule has 0 amide bonds. The first-order valence-corrected chi connectivity index (χ1v) is 5.15. The van der Waals surface area contributed by atoms with Gasteiger partial charge in [0, 0.05) is 16.9 Å². The minimum Gasteiger partial charge on any atom is -0.398 e. The molecule has 0 saturated carbocycles. The lowest BCUT2D eigenvalue weighted by Gasteiger charge is -2.25. The molecule has 0 atom stereocenters. The summed E-state index contributed by atoms with van der Waals surface area (Å²) in [6, 6.07) is 5.17. The molecule has 0 saturated heterocycles. The Balaban J connectivity index is 2.94. The molecule has 0 aromatic heterocycles. The minimum absolute atomic E-state index is 0.0152. The standard InChI is InChI=1S/C12H18N2O2/c1-8(16)10-5-4-9(6-11(10)13)14-12(2,3)7-15/h4-6,14-15H,7,13H2,1-3H3. The summed E-state index contributed by atoms with van der Waals surface area (Å²) in [5.41, 5.74) is 7.11. The first-order valence-electron chi connectivity index (χ1n) is 5.15. The SMILES string of the molecule is CC(=O)c1ccc(NC(C)(C)CO)cc1N. The number of anilines is 2. The van der Waals surface area contributed by atoms with E-state index < -0.39 is 5.54 Å². The molecule has 16 heavy (non-hydrogen) atoms. The van der Waals surface area contributed by atoms with Gasteiger partial charge in [-0.3, -0.25) is 4.79 Å². The Kier molecular flexibility index (Phi) is 3.55. The molecule has 4 heteroatoms. The van der Waals surface area contributed by atoms with Crippen molar-refractivity contribution in [3.05, 3.63) is 23.8 Å². The van der Waals surface area contributed by atoms with Crippen LogP contribution in [0.2, 0.25) is 0 Å². The molecule has 0 fully saturated rings. The van der Waals surface area contributed by atoms with Crippen molar-refractivity contribution in [1.82, 2.24) is 0 Å². The van der Waals surface area contributed by atoms with Crippen LogP contribution in [0.1, 0.15) is 31.1 Å². The van der Waals surface area contributed by atoms with Crippen LogP contribution in [0.4, 0.5) is 11.4 Å². The molecule has 0 heterocycles. The molecule has 0 aliphatic rings. The number of carbonyl (C=O) groups excluding carboxylic acids is 1. The average Bonchev–Trinajstić information content (AvgIpc) is 2.16. The summed E-state index contributed by atoms with van der Waals surface area (Å²) >= 11 is 0. The van der Waals surface area contributed by atoms with Gasteiger partial charge in [-0.15, -0.1) is 0 Å². The number of aliphatic hydroxyl groups excluding tert-OH is 1. The van der Waals surface area contributed by atoms with Crippen molar-refractivity contribution in [3.8, 4) is 0 Å². The summed E-state index contributed by atoms with van der Waals surface area (Å²) in [5.74, 6) is -0.0505. The van der Waals surface area contributed by atoms with Gasteiger partial charge in [-0.05, 0) is 39.0 Å². The fourth-order valence-corrected chi connectivity index (χ4v) is 1.39. The van der Waals surface area contributed by atoms with Crippen LogP contribution in [0.5, 0.6) is 0 Å². The van der Waals surface area contributed by atoms with Crippen LogP contribution in [0.3, 0.4) is 0 Å². The fourth-order valence-electron chi connectivity index (χ4n) is 1.39. The predicted octanol–water partition coefficient (Wildman–Crippen LogP) is 1.65. The minimum atomic E-state index is -0.413. The van der Waals surface area contributed by atoms with Crippen molar-refractivity contribution in [2.24, 2.45) is 0 Å². The van der Waals surface area contributed by atoms with Gasteiger partial charge in [0.05, 0.1) is 12.1 Å². The lowest BCUT2D eigenvalue weighted by Crippen LogP contribution is -2.34. The number of rotatable bonds is 4. The van der Waals surface area contributed by atoms with Crippen LogP contribution in [0.15, 0.2) is 18.2 Å². The molecule has 0 unspecified atom stereocenters. The van der Waals surface area contributed by atoms with Gasteiger partial charge >= 0.3 is 0 Å². The number of nitrogen functional groups attached to an aromatic ring is 1. The quantitative estimate of drug-likeness (QED) is 0.535. The van der Waals surface area contributed by atoms with Gasteiger partial charge in [-0.25, -0.2) is 0 Å². The van der Waals surface area contributed by atoms with Crippen LogP contribution in [-0.4, -0.2) is 23.0 Å². The third kappa shape index (κ3) is 2.97. The van der Waals surface area contributed by atoms with E-state index in [1.54, 1.807) is 18.2 Å². The lowest BCUT2D eigenvalue weighted by molar-refractivity contribution is 0.101. The molecular weight excluding hydrogens is 204 g/mol. The van der Waals surface area contributed by atoms with Crippen LogP contribution >= 0.6 is 0 Å². The first-order chi connectivity index (χ1) is 7.35. The maximum Gasteiger partial charge on any atom is 0.161 e. The Morgan fingerprint density at radius 2 is 2.12 bits per heavy atom. The normalized spacial score (nSPS) is 11.2. The molecule has 0 aliphatic heterocycles. The van der Waals surface area contributed by atoms with Crippen LogP contribution < -0.4 is 11.1 Å². The molecule has 4 nitrogen and oxygen atoms in total. The zero-order valence-electron chi connectivity index (χ0n) is 9.87. The van der Waals surface area contributed by atoms with E-state index in [2.05, 4.69) is 5.32 Å². The average molecular weight is 222 g/mol. The largest absolute Gasteiger partial charge is 0.398 e. The highest BCUT2D eigenvalue weighted by Gasteiger charge is 2.16. The summed E-state index contributed by atoms with van der Waals surface area (Å²) < 4.78 is 0. The van der Waals surface area contributed by atoms with Crippen LogP contribution in [-0.2, 0) is 0 Å². The van der Waals surface area contributed by atoms with Gasteiger partial charge in [0.25, 0.3) is 0 Å². The zero-order valence-corrected chi connectivity index (χ0v) is 9.87. The second kappa shape index (κ2) is 4.53. The summed E-state index contributed by atoms with van der Waals surface area (Å²) in [5, 5.41) is 12.3. The predicted molar refractivity (Wildman–Crippen MR) is 65.6 cm³/mol. The van der Waals surface area contributed by atoms with E-state index >= 15 is 0 Å². The molecule has 0 spiro atoms. The molecule has 4 N–H and O–H groups in total. The maximum atomic E-state index is 11.2. The van der Waals surface area contributed by atoms with E-state index in [0.717, 1.165) is 5.69 Å².